The van der Waals surface area contributed by atoms with Gasteiger partial charge in [-0.25, -0.2) is 15.0 Å². The molecule has 10 aromatic carbocycles. The van der Waals surface area contributed by atoms with Crippen LogP contribution < -0.4 is 0 Å². The van der Waals surface area contributed by atoms with Crippen molar-refractivity contribution in [2.75, 3.05) is 0 Å². The first-order chi connectivity index (χ1) is 34.7. The van der Waals surface area contributed by atoms with E-state index in [4.69, 9.17) is 15.0 Å². The highest BCUT2D eigenvalue weighted by Crippen LogP contribution is 2.48. The minimum atomic E-state index is 0.643. The van der Waals surface area contributed by atoms with Gasteiger partial charge in [-0.1, -0.05) is 146 Å². The van der Waals surface area contributed by atoms with Crippen molar-refractivity contribution in [3.8, 4) is 56.7 Å². The van der Waals surface area contributed by atoms with Gasteiger partial charge in [0.2, 0.25) is 0 Å². The van der Waals surface area contributed by atoms with Gasteiger partial charge in [-0.05, 0) is 90.0 Å². The third kappa shape index (κ3) is 5.92. The van der Waals surface area contributed by atoms with E-state index in [9.17, 15) is 0 Å². The van der Waals surface area contributed by atoms with Crippen molar-refractivity contribution in [2.24, 2.45) is 0 Å². The van der Waals surface area contributed by atoms with Gasteiger partial charge in [0.25, 0.3) is 0 Å². The van der Waals surface area contributed by atoms with Crippen LogP contribution in [0.3, 0.4) is 0 Å². The van der Waals surface area contributed by atoms with Crippen LogP contribution in [0.5, 0.6) is 0 Å². The van der Waals surface area contributed by atoms with Crippen molar-refractivity contribution in [1.29, 1.82) is 0 Å². The van der Waals surface area contributed by atoms with Gasteiger partial charge < -0.3 is 9.13 Å². The van der Waals surface area contributed by atoms with E-state index >= 15 is 0 Å². The summed E-state index contributed by atoms with van der Waals surface area (Å²) in [5.41, 5.74) is 12.2. The van der Waals surface area contributed by atoms with Crippen LogP contribution in [0.2, 0.25) is 0 Å². The van der Waals surface area contributed by atoms with E-state index in [0.717, 1.165) is 44.5 Å². The first kappa shape index (κ1) is 39.3. The Bertz CT molecular complexity index is 4530. The summed E-state index contributed by atoms with van der Waals surface area (Å²) < 4.78 is 9.93. The highest BCUT2D eigenvalue weighted by atomic mass is 32.1. The maximum Gasteiger partial charge on any atom is 0.164 e. The molecule has 0 aliphatic heterocycles. The molecule has 0 aliphatic carbocycles. The number of para-hydroxylation sites is 2. The smallest absolute Gasteiger partial charge is 0.164 e. The van der Waals surface area contributed by atoms with Crippen LogP contribution in [-0.2, 0) is 0 Å². The normalized spacial score (nSPS) is 12.0. The second kappa shape index (κ2) is 15.4. The Balaban J connectivity index is 1.03. The van der Waals surface area contributed by atoms with Gasteiger partial charge in [0, 0.05) is 79.6 Å². The molecule has 0 N–H and O–H groups in total. The second-order valence-corrected chi connectivity index (χ2v) is 20.0. The molecule has 0 atom stereocenters. The Morgan fingerprint density at radius 2 is 0.814 bits per heavy atom. The third-order valence-electron chi connectivity index (χ3n) is 14.0. The van der Waals surface area contributed by atoms with E-state index < -0.39 is 0 Å². The summed E-state index contributed by atoms with van der Waals surface area (Å²) in [6.45, 7) is 0. The van der Waals surface area contributed by atoms with E-state index in [-0.39, 0.29) is 0 Å². The number of aromatic nitrogens is 5. The lowest BCUT2D eigenvalue weighted by atomic mass is 9.99. The number of fused-ring (bicyclic) bond motifs is 13. The first-order valence-corrected chi connectivity index (χ1v) is 25.1. The van der Waals surface area contributed by atoms with E-state index in [1.807, 2.05) is 59.1 Å². The van der Waals surface area contributed by atoms with Gasteiger partial charge in [-0.15, -0.1) is 22.7 Å². The number of hydrogen-bond acceptors (Lipinski definition) is 5. The van der Waals surface area contributed by atoms with Gasteiger partial charge in [0.1, 0.15) is 0 Å². The summed E-state index contributed by atoms with van der Waals surface area (Å²) in [6.07, 6.45) is 0. The van der Waals surface area contributed by atoms with Gasteiger partial charge in [-0.3, -0.25) is 0 Å². The number of hydrogen-bond donors (Lipinski definition) is 0. The van der Waals surface area contributed by atoms with E-state index in [0.29, 0.717) is 17.5 Å². The summed E-state index contributed by atoms with van der Waals surface area (Å²) in [5, 5.41) is 9.82. The fourth-order valence-corrected chi connectivity index (χ4v) is 13.2. The minimum absolute atomic E-state index is 0.643. The molecule has 5 aromatic heterocycles. The summed E-state index contributed by atoms with van der Waals surface area (Å²) in [4.78, 5) is 15.6. The summed E-state index contributed by atoms with van der Waals surface area (Å²) in [5.74, 6) is 1.93. The Hall–Kier alpha value is -8.75. The average molecular weight is 928 g/mol. The molecule has 326 valence electrons. The zero-order valence-electron chi connectivity index (χ0n) is 37.4. The number of benzene rings is 10. The molecule has 0 bridgehead atoms. The SMILES string of the molecule is c1ccc(-c2nc(-c3ccccc3)nc(-c3ccc(-n4c5ccc(-c6ccc7sc8ccccc8c7c6)cc5c5c6c7ccccc7n(-c7ccccc7)c6ccc54)c4sc5ccccc5c34)n2)cc1. The van der Waals surface area contributed by atoms with Crippen molar-refractivity contribution >= 4 is 107 Å². The molecule has 0 radical (unpaired) electrons. The minimum Gasteiger partial charge on any atom is -0.309 e. The molecule has 0 saturated heterocycles. The molecule has 5 heterocycles. The number of nitrogens with zero attached hydrogens (tertiary/aromatic N) is 5. The maximum absolute atomic E-state index is 5.26. The molecule has 0 fully saturated rings. The van der Waals surface area contributed by atoms with Crippen LogP contribution in [0.15, 0.2) is 224 Å². The Morgan fingerprint density at radius 3 is 1.54 bits per heavy atom. The molecule has 0 saturated carbocycles. The van der Waals surface area contributed by atoms with Crippen molar-refractivity contribution < 1.29 is 0 Å². The van der Waals surface area contributed by atoms with E-state index in [1.165, 1.54) is 78.7 Å². The lowest BCUT2D eigenvalue weighted by Crippen LogP contribution is -2.01. The molecule has 0 amide bonds. The molecule has 0 spiro atoms. The van der Waals surface area contributed by atoms with Crippen molar-refractivity contribution in [3.05, 3.63) is 224 Å². The topological polar surface area (TPSA) is 48.5 Å². The first-order valence-electron chi connectivity index (χ1n) is 23.5. The van der Waals surface area contributed by atoms with Crippen LogP contribution in [0, 0.1) is 0 Å². The van der Waals surface area contributed by atoms with Crippen LogP contribution in [-0.4, -0.2) is 24.1 Å². The monoisotopic (exact) mass is 927 g/mol. The van der Waals surface area contributed by atoms with Crippen molar-refractivity contribution in [3.63, 3.8) is 0 Å². The molecule has 7 heteroatoms. The maximum atomic E-state index is 5.26. The zero-order chi connectivity index (χ0) is 45.9. The quantitative estimate of drug-likeness (QED) is 0.167. The lowest BCUT2D eigenvalue weighted by molar-refractivity contribution is 1.08. The molecule has 0 unspecified atom stereocenters. The molecular formula is C63H37N5S2. The lowest BCUT2D eigenvalue weighted by Gasteiger charge is -2.13. The average Bonchev–Trinajstić information content (AvgIpc) is 4.19. The van der Waals surface area contributed by atoms with Gasteiger partial charge in [-0.2, -0.15) is 0 Å². The van der Waals surface area contributed by atoms with Crippen LogP contribution >= 0.6 is 22.7 Å². The molecule has 0 aliphatic rings. The standard InChI is InChI=1S/C63H37N5S2/c1-4-16-38(17-5-1)61-64-62(39-18-6-2-7-19-39)66-63(65-61)46-30-32-53(60-57(46)45-24-12-15-27-55(45)70-60)68-50-31-28-40(41-29-35-56-47(36-41)43-22-11-14-26-54(43)69-56)37-48(50)59-52(68)34-33-51-58(59)44-23-10-13-25-49(44)67(51)42-20-8-3-9-21-42/h1-37H. The molecular weight excluding hydrogens is 891 g/mol. The Labute approximate surface area is 409 Å². The summed E-state index contributed by atoms with van der Waals surface area (Å²) in [6, 6.07) is 80.9. The van der Waals surface area contributed by atoms with Crippen LogP contribution in [0.4, 0.5) is 0 Å². The molecule has 15 rings (SSSR count). The largest absolute Gasteiger partial charge is 0.309 e. The van der Waals surface area contributed by atoms with Gasteiger partial charge >= 0.3 is 0 Å². The third-order valence-corrected chi connectivity index (χ3v) is 16.3. The van der Waals surface area contributed by atoms with Crippen LogP contribution in [0.25, 0.3) is 141 Å². The molecule has 70 heavy (non-hydrogen) atoms. The number of thiophene rings is 2. The van der Waals surface area contributed by atoms with Crippen molar-refractivity contribution in [2.45, 2.75) is 0 Å². The fourth-order valence-electron chi connectivity index (χ4n) is 10.9. The van der Waals surface area contributed by atoms with E-state index in [2.05, 4.69) is 197 Å². The fraction of sp³-hybridized carbons (Fsp3) is 0. The highest BCUT2D eigenvalue weighted by Gasteiger charge is 2.25. The Morgan fingerprint density at radius 1 is 0.300 bits per heavy atom. The van der Waals surface area contributed by atoms with Crippen LogP contribution in [0.1, 0.15) is 0 Å². The summed E-state index contributed by atoms with van der Waals surface area (Å²) >= 11 is 3.69. The number of rotatable bonds is 6. The molecule has 15 aromatic rings. The summed E-state index contributed by atoms with van der Waals surface area (Å²) in [7, 11) is 0. The zero-order valence-corrected chi connectivity index (χ0v) is 39.0. The predicted molar refractivity (Wildman–Crippen MR) is 296 cm³/mol. The molecule has 5 nitrogen and oxygen atoms in total. The van der Waals surface area contributed by atoms with Crippen molar-refractivity contribution in [1.82, 2.24) is 24.1 Å². The highest BCUT2D eigenvalue weighted by molar-refractivity contribution is 7.26. The predicted octanol–water partition coefficient (Wildman–Crippen LogP) is 17.5. The second-order valence-electron chi connectivity index (χ2n) is 17.9. The van der Waals surface area contributed by atoms with Gasteiger partial charge in [0.05, 0.1) is 32.5 Å². The van der Waals surface area contributed by atoms with Gasteiger partial charge in [0.15, 0.2) is 17.5 Å². The Kier molecular flexibility index (Phi) is 8.63. The van der Waals surface area contributed by atoms with E-state index in [1.54, 1.807) is 0 Å².